The van der Waals surface area contributed by atoms with E-state index in [0.717, 1.165) is 11.3 Å². The Hall–Kier alpha value is -2.07. The molecule has 5 heteroatoms. The van der Waals surface area contributed by atoms with Crippen LogP contribution in [0.2, 0.25) is 5.02 Å². The van der Waals surface area contributed by atoms with Crippen LogP contribution < -0.4 is 4.90 Å². The number of halogens is 1. The summed E-state index contributed by atoms with van der Waals surface area (Å²) < 4.78 is 0. The zero-order chi connectivity index (χ0) is 14.7. The largest absolute Gasteiger partial charge is 0.477 e. The van der Waals surface area contributed by atoms with Crippen molar-refractivity contribution < 1.29 is 9.90 Å². The summed E-state index contributed by atoms with van der Waals surface area (Å²) in [5.41, 5.74) is 1.95. The lowest BCUT2D eigenvalue weighted by Gasteiger charge is -2.27. The lowest BCUT2D eigenvalue weighted by molar-refractivity contribution is 0.0690. The Morgan fingerprint density at radius 1 is 1.30 bits per heavy atom. The second-order valence-corrected chi connectivity index (χ2v) is 4.98. The van der Waals surface area contributed by atoms with Gasteiger partial charge in [0.2, 0.25) is 0 Å². The van der Waals surface area contributed by atoms with Crippen LogP contribution in [0.15, 0.2) is 42.6 Å². The average Bonchev–Trinajstić information content (AvgIpc) is 2.46. The van der Waals surface area contributed by atoms with E-state index in [4.69, 9.17) is 16.7 Å². The molecule has 0 aliphatic heterocycles. The molecular formula is C15H15ClN2O2. The van der Waals surface area contributed by atoms with E-state index in [1.165, 1.54) is 6.20 Å². The van der Waals surface area contributed by atoms with Gasteiger partial charge in [-0.05, 0) is 36.8 Å². The van der Waals surface area contributed by atoms with Crippen molar-refractivity contribution in [3.63, 3.8) is 0 Å². The molecule has 0 radical (unpaired) electrons. The Kier molecular flexibility index (Phi) is 4.25. The summed E-state index contributed by atoms with van der Waals surface area (Å²) >= 11 is 5.88. The predicted octanol–water partition coefficient (Wildman–Crippen LogP) is 3.63. The molecule has 1 N–H and O–H groups in total. The van der Waals surface area contributed by atoms with Gasteiger partial charge in [0.1, 0.15) is 5.69 Å². The van der Waals surface area contributed by atoms with Gasteiger partial charge in [0.25, 0.3) is 0 Å². The highest BCUT2D eigenvalue weighted by Gasteiger charge is 2.14. The van der Waals surface area contributed by atoms with E-state index in [1.54, 1.807) is 12.1 Å². The summed E-state index contributed by atoms with van der Waals surface area (Å²) in [6.45, 7) is 2.05. The fraction of sp³-hybridized carbons (Fsp3) is 0.200. The standard InChI is InChI=1S/C15H15ClN2O2/c1-10(11-3-5-12(16)6-4-11)18(2)13-7-8-17-14(9-13)15(19)20/h3-10H,1-2H3,(H,19,20). The van der Waals surface area contributed by atoms with E-state index in [1.807, 2.05) is 43.1 Å². The minimum Gasteiger partial charge on any atom is -0.477 e. The maximum atomic E-state index is 11.0. The lowest BCUT2D eigenvalue weighted by Crippen LogP contribution is -2.22. The molecule has 4 nitrogen and oxygen atoms in total. The van der Waals surface area contributed by atoms with Gasteiger partial charge in [-0.2, -0.15) is 0 Å². The molecule has 0 amide bonds. The molecule has 20 heavy (non-hydrogen) atoms. The molecule has 0 saturated heterocycles. The van der Waals surface area contributed by atoms with Crippen LogP contribution in [0.3, 0.4) is 0 Å². The van der Waals surface area contributed by atoms with Gasteiger partial charge in [-0.3, -0.25) is 0 Å². The minimum atomic E-state index is -1.03. The van der Waals surface area contributed by atoms with Crippen LogP contribution in [0.1, 0.15) is 29.0 Å². The third-order valence-electron chi connectivity index (χ3n) is 3.30. The number of nitrogens with zero attached hydrogens (tertiary/aromatic N) is 2. The zero-order valence-electron chi connectivity index (χ0n) is 11.2. The molecule has 104 valence electrons. The number of carboxylic acid groups (broad SMARTS) is 1. The first-order valence-electron chi connectivity index (χ1n) is 6.16. The number of carboxylic acids is 1. The van der Waals surface area contributed by atoms with Crippen molar-refractivity contribution in [1.82, 2.24) is 4.98 Å². The van der Waals surface area contributed by atoms with Gasteiger partial charge < -0.3 is 10.0 Å². The number of hydrogen-bond acceptors (Lipinski definition) is 3. The van der Waals surface area contributed by atoms with Crippen molar-refractivity contribution in [1.29, 1.82) is 0 Å². The number of benzene rings is 1. The summed E-state index contributed by atoms with van der Waals surface area (Å²) in [4.78, 5) is 16.8. The Morgan fingerprint density at radius 2 is 1.95 bits per heavy atom. The molecule has 1 aromatic heterocycles. The number of carbonyl (C=O) groups is 1. The first-order chi connectivity index (χ1) is 9.49. The van der Waals surface area contributed by atoms with Gasteiger partial charge in [-0.1, -0.05) is 23.7 Å². The molecule has 1 unspecified atom stereocenters. The fourth-order valence-electron chi connectivity index (χ4n) is 1.94. The Bertz CT molecular complexity index is 614. The number of pyridine rings is 1. The van der Waals surface area contributed by atoms with Gasteiger partial charge in [0.15, 0.2) is 0 Å². The van der Waals surface area contributed by atoms with Crippen LogP contribution in [0, 0.1) is 0 Å². The SMILES string of the molecule is CC(c1ccc(Cl)cc1)N(C)c1ccnc(C(=O)O)c1. The molecule has 0 aliphatic rings. The quantitative estimate of drug-likeness (QED) is 0.934. The number of rotatable bonds is 4. The minimum absolute atomic E-state index is 0.0395. The monoisotopic (exact) mass is 290 g/mol. The van der Waals surface area contributed by atoms with E-state index < -0.39 is 5.97 Å². The van der Waals surface area contributed by atoms with Crippen LogP contribution in [0.25, 0.3) is 0 Å². The summed E-state index contributed by atoms with van der Waals surface area (Å²) in [6.07, 6.45) is 1.50. The molecule has 0 spiro atoms. The van der Waals surface area contributed by atoms with E-state index >= 15 is 0 Å². The lowest BCUT2D eigenvalue weighted by atomic mass is 10.1. The van der Waals surface area contributed by atoms with Crippen molar-refractivity contribution in [3.8, 4) is 0 Å². The Labute approximate surface area is 122 Å². The molecule has 2 aromatic rings. The van der Waals surface area contributed by atoms with Gasteiger partial charge in [-0.25, -0.2) is 9.78 Å². The zero-order valence-corrected chi connectivity index (χ0v) is 12.0. The third-order valence-corrected chi connectivity index (χ3v) is 3.56. The maximum Gasteiger partial charge on any atom is 0.354 e. The third kappa shape index (κ3) is 3.08. The van der Waals surface area contributed by atoms with Crippen LogP contribution in [-0.2, 0) is 0 Å². The predicted molar refractivity (Wildman–Crippen MR) is 79.5 cm³/mol. The molecule has 1 aromatic carbocycles. The molecule has 0 aliphatic carbocycles. The van der Waals surface area contributed by atoms with E-state index in [-0.39, 0.29) is 11.7 Å². The summed E-state index contributed by atoms with van der Waals surface area (Å²) in [5.74, 6) is -1.03. The number of aromatic nitrogens is 1. The first-order valence-corrected chi connectivity index (χ1v) is 6.54. The summed E-state index contributed by atoms with van der Waals surface area (Å²) in [7, 11) is 1.92. The van der Waals surface area contributed by atoms with Gasteiger partial charge >= 0.3 is 5.97 Å². The number of aromatic carboxylic acids is 1. The summed E-state index contributed by atoms with van der Waals surface area (Å²) in [5, 5.41) is 9.68. The molecular weight excluding hydrogens is 276 g/mol. The molecule has 0 bridgehead atoms. The Morgan fingerprint density at radius 3 is 2.55 bits per heavy atom. The van der Waals surface area contributed by atoms with E-state index in [2.05, 4.69) is 4.98 Å². The van der Waals surface area contributed by atoms with Crippen LogP contribution >= 0.6 is 11.6 Å². The first kappa shape index (κ1) is 14.3. The van der Waals surface area contributed by atoms with Gasteiger partial charge in [-0.15, -0.1) is 0 Å². The van der Waals surface area contributed by atoms with Crippen LogP contribution in [-0.4, -0.2) is 23.1 Å². The normalized spacial score (nSPS) is 11.9. The fourth-order valence-corrected chi connectivity index (χ4v) is 2.07. The topological polar surface area (TPSA) is 53.4 Å². The van der Waals surface area contributed by atoms with Crippen LogP contribution in [0.5, 0.6) is 0 Å². The second-order valence-electron chi connectivity index (χ2n) is 4.54. The Balaban J connectivity index is 2.26. The highest BCUT2D eigenvalue weighted by Crippen LogP contribution is 2.26. The van der Waals surface area contributed by atoms with Gasteiger partial charge in [0.05, 0.1) is 6.04 Å². The highest BCUT2D eigenvalue weighted by atomic mass is 35.5. The van der Waals surface area contributed by atoms with Crippen LogP contribution in [0.4, 0.5) is 5.69 Å². The molecule has 1 heterocycles. The highest BCUT2D eigenvalue weighted by molar-refractivity contribution is 6.30. The van der Waals surface area contributed by atoms with Crippen molar-refractivity contribution in [3.05, 3.63) is 58.9 Å². The molecule has 0 fully saturated rings. The van der Waals surface area contributed by atoms with Crippen molar-refractivity contribution in [2.24, 2.45) is 0 Å². The molecule has 2 rings (SSSR count). The average molecular weight is 291 g/mol. The number of anilines is 1. The van der Waals surface area contributed by atoms with Crippen molar-refractivity contribution in [2.75, 3.05) is 11.9 Å². The smallest absolute Gasteiger partial charge is 0.354 e. The summed E-state index contributed by atoms with van der Waals surface area (Å²) in [6, 6.07) is 11.1. The number of hydrogen-bond donors (Lipinski definition) is 1. The molecule has 0 saturated carbocycles. The van der Waals surface area contributed by atoms with Gasteiger partial charge in [0, 0.05) is 24.0 Å². The van der Waals surface area contributed by atoms with Crippen molar-refractivity contribution >= 4 is 23.3 Å². The second kappa shape index (κ2) is 5.92. The van der Waals surface area contributed by atoms with E-state index in [0.29, 0.717) is 5.02 Å². The van der Waals surface area contributed by atoms with Crippen molar-refractivity contribution in [2.45, 2.75) is 13.0 Å². The maximum absolute atomic E-state index is 11.0. The van der Waals surface area contributed by atoms with E-state index in [9.17, 15) is 4.79 Å². The molecule has 1 atom stereocenters.